The van der Waals surface area contributed by atoms with E-state index in [1.54, 1.807) is 0 Å². The van der Waals surface area contributed by atoms with Crippen LogP contribution < -0.4 is 0 Å². The Morgan fingerprint density at radius 1 is 1.23 bits per heavy atom. The lowest BCUT2D eigenvalue weighted by molar-refractivity contribution is 0.267. The molecule has 116 valence electrons. The molecule has 22 heavy (non-hydrogen) atoms. The molecule has 1 atom stereocenters. The van der Waals surface area contributed by atoms with E-state index in [9.17, 15) is 0 Å². The zero-order chi connectivity index (χ0) is 15.4. The molecule has 1 aliphatic heterocycles. The Bertz CT molecular complexity index is 597. The second kappa shape index (κ2) is 6.51. The van der Waals surface area contributed by atoms with E-state index in [4.69, 9.17) is 4.99 Å². The minimum absolute atomic E-state index is 0.0847. The molecule has 1 aliphatic carbocycles. The summed E-state index contributed by atoms with van der Waals surface area (Å²) in [6.07, 6.45) is 11.6. The van der Waals surface area contributed by atoms with Crippen molar-refractivity contribution in [2.75, 3.05) is 13.1 Å². The first-order valence-corrected chi connectivity index (χ1v) is 8.49. The van der Waals surface area contributed by atoms with E-state index in [0.717, 1.165) is 32.4 Å². The summed E-state index contributed by atoms with van der Waals surface area (Å²) in [7, 11) is 0. The molecule has 3 rings (SSSR count). The maximum Gasteiger partial charge on any atom is 0.0996 e. The normalized spacial score (nSPS) is 26.5. The van der Waals surface area contributed by atoms with Gasteiger partial charge in [0.1, 0.15) is 0 Å². The van der Waals surface area contributed by atoms with Gasteiger partial charge in [-0.1, -0.05) is 55.5 Å². The predicted molar refractivity (Wildman–Crippen MR) is 95.1 cm³/mol. The molecule has 0 bridgehead atoms. The third-order valence-corrected chi connectivity index (χ3v) is 4.69. The molecule has 0 radical (unpaired) electrons. The molecular formula is C20H26N2. The Balaban J connectivity index is 1.77. The van der Waals surface area contributed by atoms with Crippen LogP contribution in [0, 0.1) is 0 Å². The van der Waals surface area contributed by atoms with E-state index in [1.165, 1.54) is 23.4 Å². The Morgan fingerprint density at radius 3 is 2.73 bits per heavy atom. The highest BCUT2D eigenvalue weighted by Crippen LogP contribution is 2.34. The topological polar surface area (TPSA) is 15.6 Å². The fourth-order valence-electron chi connectivity index (χ4n) is 3.38. The van der Waals surface area contributed by atoms with Crippen LogP contribution in [0.15, 0.2) is 53.6 Å². The Labute approximate surface area is 134 Å². The number of allylic oxidation sites excluding steroid dienone is 2. The molecule has 2 nitrogen and oxygen atoms in total. The highest BCUT2D eigenvalue weighted by atomic mass is 15.3. The van der Waals surface area contributed by atoms with Crippen molar-refractivity contribution in [1.82, 2.24) is 4.90 Å². The molecule has 0 amide bonds. The molecule has 1 unspecified atom stereocenters. The Hall–Kier alpha value is -1.83. The fourth-order valence-corrected chi connectivity index (χ4v) is 3.38. The van der Waals surface area contributed by atoms with Crippen molar-refractivity contribution in [3.8, 4) is 0 Å². The van der Waals surface area contributed by atoms with Crippen molar-refractivity contribution >= 4 is 11.4 Å². The average molecular weight is 294 g/mol. The number of hydrogen-bond donors (Lipinski definition) is 0. The molecule has 1 saturated heterocycles. The molecule has 0 N–H and O–H groups in total. The SMILES string of the molecule is CCCN=C1CCCN1C1(C)C=CC(c2ccccc2)=CC1. The number of nitrogens with zero attached hydrogens (tertiary/aromatic N) is 2. The number of hydrogen-bond acceptors (Lipinski definition) is 1. The number of rotatable bonds is 4. The van der Waals surface area contributed by atoms with Gasteiger partial charge in [0.15, 0.2) is 0 Å². The van der Waals surface area contributed by atoms with Gasteiger partial charge in [-0.2, -0.15) is 0 Å². The summed E-state index contributed by atoms with van der Waals surface area (Å²) in [4.78, 5) is 7.33. The van der Waals surface area contributed by atoms with Crippen molar-refractivity contribution in [2.24, 2.45) is 4.99 Å². The summed E-state index contributed by atoms with van der Waals surface area (Å²) in [6.45, 7) is 6.63. The lowest BCUT2D eigenvalue weighted by Crippen LogP contribution is -2.46. The summed E-state index contributed by atoms with van der Waals surface area (Å²) < 4.78 is 0. The van der Waals surface area contributed by atoms with Crippen LogP contribution in [0.3, 0.4) is 0 Å². The van der Waals surface area contributed by atoms with E-state index >= 15 is 0 Å². The highest BCUT2D eigenvalue weighted by molar-refractivity contribution is 5.86. The second-order valence-electron chi connectivity index (χ2n) is 6.47. The van der Waals surface area contributed by atoms with E-state index < -0.39 is 0 Å². The van der Waals surface area contributed by atoms with E-state index in [-0.39, 0.29) is 5.54 Å². The zero-order valence-electron chi connectivity index (χ0n) is 13.8. The van der Waals surface area contributed by atoms with Crippen molar-refractivity contribution < 1.29 is 0 Å². The summed E-state index contributed by atoms with van der Waals surface area (Å²) in [5, 5.41) is 0. The number of likely N-dealkylation sites (tertiary alicyclic amines) is 1. The average Bonchev–Trinajstić information content (AvgIpc) is 3.04. The van der Waals surface area contributed by atoms with Crippen LogP contribution in [-0.2, 0) is 0 Å². The molecule has 0 aromatic heterocycles. The van der Waals surface area contributed by atoms with Gasteiger partial charge in [-0.15, -0.1) is 0 Å². The van der Waals surface area contributed by atoms with Gasteiger partial charge >= 0.3 is 0 Å². The largest absolute Gasteiger partial charge is 0.351 e. The first-order valence-electron chi connectivity index (χ1n) is 8.49. The Morgan fingerprint density at radius 2 is 2.05 bits per heavy atom. The maximum atomic E-state index is 4.81. The quantitative estimate of drug-likeness (QED) is 0.786. The fraction of sp³-hybridized carbons (Fsp3) is 0.450. The highest BCUT2D eigenvalue weighted by Gasteiger charge is 2.34. The lowest BCUT2D eigenvalue weighted by Gasteiger charge is -2.39. The molecular weight excluding hydrogens is 268 g/mol. The van der Waals surface area contributed by atoms with Crippen molar-refractivity contribution in [1.29, 1.82) is 0 Å². The van der Waals surface area contributed by atoms with Crippen molar-refractivity contribution in [3.63, 3.8) is 0 Å². The molecule has 1 aromatic carbocycles. The summed E-state index contributed by atoms with van der Waals surface area (Å²) in [5.74, 6) is 1.31. The summed E-state index contributed by atoms with van der Waals surface area (Å²) in [5.41, 5.74) is 2.73. The molecule has 1 fully saturated rings. The van der Waals surface area contributed by atoms with Gasteiger partial charge in [0.05, 0.1) is 11.4 Å². The molecule has 1 heterocycles. The first-order chi connectivity index (χ1) is 10.7. The molecule has 1 aromatic rings. The van der Waals surface area contributed by atoms with E-state index in [0.29, 0.717) is 0 Å². The van der Waals surface area contributed by atoms with Crippen LogP contribution >= 0.6 is 0 Å². The third-order valence-electron chi connectivity index (χ3n) is 4.69. The van der Waals surface area contributed by atoms with E-state index in [1.807, 2.05) is 0 Å². The van der Waals surface area contributed by atoms with Crippen LogP contribution in [0.25, 0.3) is 5.57 Å². The zero-order valence-corrected chi connectivity index (χ0v) is 13.8. The van der Waals surface area contributed by atoms with E-state index in [2.05, 4.69) is 67.3 Å². The Kier molecular flexibility index (Phi) is 4.47. The molecule has 2 heteroatoms. The minimum atomic E-state index is 0.0847. The van der Waals surface area contributed by atoms with Gasteiger partial charge < -0.3 is 4.90 Å². The summed E-state index contributed by atoms with van der Waals surface area (Å²) >= 11 is 0. The van der Waals surface area contributed by atoms with Crippen LogP contribution in [0.2, 0.25) is 0 Å². The van der Waals surface area contributed by atoms with Gasteiger partial charge in [0.2, 0.25) is 0 Å². The standard InChI is InChI=1S/C20H26N2/c1-3-15-21-19-10-7-16-22(19)20(2)13-11-18(12-14-20)17-8-5-4-6-9-17/h4-6,8-9,11-13H,3,7,10,14-16H2,1-2H3. The van der Waals surface area contributed by atoms with Gasteiger partial charge in [-0.3, -0.25) is 4.99 Å². The molecule has 0 saturated carbocycles. The maximum absolute atomic E-state index is 4.81. The van der Waals surface area contributed by atoms with Gasteiger partial charge in [0, 0.05) is 19.5 Å². The molecule has 2 aliphatic rings. The summed E-state index contributed by atoms with van der Waals surface area (Å²) in [6, 6.07) is 10.6. The predicted octanol–water partition coefficient (Wildman–Crippen LogP) is 4.69. The number of aliphatic imine (C=N–C) groups is 1. The smallest absolute Gasteiger partial charge is 0.0996 e. The third kappa shape index (κ3) is 3.01. The van der Waals surface area contributed by atoms with Crippen LogP contribution in [-0.4, -0.2) is 29.4 Å². The van der Waals surface area contributed by atoms with Crippen LogP contribution in [0.5, 0.6) is 0 Å². The van der Waals surface area contributed by atoms with Crippen LogP contribution in [0.4, 0.5) is 0 Å². The van der Waals surface area contributed by atoms with Gasteiger partial charge in [-0.05, 0) is 37.3 Å². The van der Waals surface area contributed by atoms with Crippen molar-refractivity contribution in [2.45, 2.75) is 45.1 Å². The van der Waals surface area contributed by atoms with Crippen LogP contribution in [0.1, 0.15) is 45.1 Å². The second-order valence-corrected chi connectivity index (χ2v) is 6.47. The van der Waals surface area contributed by atoms with Crippen molar-refractivity contribution in [3.05, 3.63) is 54.1 Å². The van der Waals surface area contributed by atoms with Gasteiger partial charge in [0.25, 0.3) is 0 Å². The number of benzene rings is 1. The molecule has 0 spiro atoms. The monoisotopic (exact) mass is 294 g/mol. The minimum Gasteiger partial charge on any atom is -0.351 e. The number of amidine groups is 1. The first kappa shape index (κ1) is 15.1. The van der Waals surface area contributed by atoms with Gasteiger partial charge in [-0.25, -0.2) is 0 Å². The lowest BCUT2D eigenvalue weighted by atomic mass is 9.87.